The highest BCUT2D eigenvalue weighted by molar-refractivity contribution is 5.95. The fourth-order valence-electron chi connectivity index (χ4n) is 5.02. The van der Waals surface area contributed by atoms with Gasteiger partial charge in [0.1, 0.15) is 11.7 Å². The predicted octanol–water partition coefficient (Wildman–Crippen LogP) is 3.69. The van der Waals surface area contributed by atoms with E-state index in [4.69, 9.17) is 9.84 Å². The second kappa shape index (κ2) is 10.9. The fraction of sp³-hybridized carbons (Fsp3) is 0.452. The third kappa shape index (κ3) is 5.92. The molecule has 206 valence electrons. The first-order chi connectivity index (χ1) is 18.7. The van der Waals surface area contributed by atoms with Gasteiger partial charge in [-0.15, -0.1) is 0 Å². The van der Waals surface area contributed by atoms with Gasteiger partial charge in [-0.2, -0.15) is 5.10 Å². The van der Waals surface area contributed by atoms with E-state index in [-0.39, 0.29) is 24.3 Å². The minimum absolute atomic E-state index is 0.0473. The summed E-state index contributed by atoms with van der Waals surface area (Å²) in [5.41, 5.74) is 4.88. The zero-order valence-corrected chi connectivity index (χ0v) is 23.4. The van der Waals surface area contributed by atoms with E-state index in [1.165, 1.54) is 11.1 Å². The van der Waals surface area contributed by atoms with Crippen LogP contribution in [-0.2, 0) is 36.1 Å². The molecule has 3 heterocycles. The molecule has 2 aliphatic heterocycles. The Morgan fingerprint density at radius 3 is 2.28 bits per heavy atom. The molecule has 8 heteroatoms. The Bertz CT molecular complexity index is 1420. The summed E-state index contributed by atoms with van der Waals surface area (Å²) in [7, 11) is 0. The molecule has 2 N–H and O–H groups in total. The van der Waals surface area contributed by atoms with Gasteiger partial charge in [-0.1, -0.05) is 69.3 Å². The fourth-order valence-corrected chi connectivity index (χ4v) is 5.02. The largest absolute Gasteiger partial charge is 0.377 e. The number of nitrogens with zero attached hydrogens (tertiary/aromatic N) is 4. The van der Waals surface area contributed by atoms with Gasteiger partial charge < -0.3 is 15.2 Å². The van der Waals surface area contributed by atoms with Gasteiger partial charge in [0.15, 0.2) is 5.60 Å². The standard InChI is InChI=1S/C31H39N5O3/c1-5-35-27(34-36(29(35)37)19-23-11-15-26(16-12-23)30(2,3)4)8-6-7-22-9-13-24(14-10-22)25-17-32-28(33-18-25)31(38)20-39-21-31/h9-17,38H,5-8,18-21H2,1-4H3,(H,32,33). The van der Waals surface area contributed by atoms with Crippen LogP contribution in [0.4, 0.5) is 0 Å². The Labute approximate surface area is 230 Å². The zero-order chi connectivity index (χ0) is 27.6. The van der Waals surface area contributed by atoms with Crippen molar-refractivity contribution < 1.29 is 9.84 Å². The molecule has 8 nitrogen and oxygen atoms in total. The van der Waals surface area contributed by atoms with Crippen molar-refractivity contribution in [2.75, 3.05) is 19.8 Å². The molecule has 39 heavy (non-hydrogen) atoms. The summed E-state index contributed by atoms with van der Waals surface area (Å²) in [5.74, 6) is 1.43. The Balaban J connectivity index is 1.18. The summed E-state index contributed by atoms with van der Waals surface area (Å²) in [5, 5.41) is 18.3. The van der Waals surface area contributed by atoms with Gasteiger partial charge >= 0.3 is 5.69 Å². The number of nitrogens with one attached hydrogen (secondary N) is 1. The van der Waals surface area contributed by atoms with E-state index in [0.29, 0.717) is 25.5 Å². The van der Waals surface area contributed by atoms with Gasteiger partial charge in [0, 0.05) is 25.7 Å². The molecular weight excluding hydrogens is 490 g/mol. The van der Waals surface area contributed by atoms with Crippen LogP contribution >= 0.6 is 0 Å². The summed E-state index contributed by atoms with van der Waals surface area (Å²) in [6.07, 6.45) is 4.40. The highest BCUT2D eigenvalue weighted by Crippen LogP contribution is 2.24. The van der Waals surface area contributed by atoms with E-state index >= 15 is 0 Å². The molecule has 5 rings (SSSR count). The second-order valence-electron chi connectivity index (χ2n) is 11.6. The maximum Gasteiger partial charge on any atom is 0.346 e. The molecule has 1 saturated heterocycles. The zero-order valence-electron chi connectivity index (χ0n) is 23.4. The average molecular weight is 530 g/mol. The number of aliphatic hydroxyl groups is 1. The SMILES string of the molecule is CCn1c(CCCc2ccc(C3=CN=C(C4(O)COC4)NC3)cc2)nn(Cc2ccc(C(C)(C)C)cc2)c1=O. The van der Waals surface area contributed by atoms with Crippen LogP contribution < -0.4 is 11.0 Å². The minimum atomic E-state index is -0.970. The van der Waals surface area contributed by atoms with Gasteiger partial charge in [-0.05, 0) is 53.0 Å². The number of aryl methyl sites for hydroxylation is 2. The first kappa shape index (κ1) is 27.1. The Morgan fingerprint density at radius 1 is 1.03 bits per heavy atom. The van der Waals surface area contributed by atoms with Gasteiger partial charge in [0.05, 0.1) is 19.8 Å². The molecule has 0 saturated carbocycles. The van der Waals surface area contributed by atoms with E-state index < -0.39 is 5.60 Å². The first-order valence-corrected chi connectivity index (χ1v) is 13.8. The van der Waals surface area contributed by atoms with E-state index in [2.05, 4.69) is 79.6 Å². The second-order valence-corrected chi connectivity index (χ2v) is 11.6. The monoisotopic (exact) mass is 529 g/mol. The highest BCUT2D eigenvalue weighted by Gasteiger charge is 2.42. The quantitative estimate of drug-likeness (QED) is 0.441. The lowest BCUT2D eigenvalue weighted by atomic mass is 9.87. The smallest absolute Gasteiger partial charge is 0.346 e. The van der Waals surface area contributed by atoms with Crippen molar-refractivity contribution in [3.05, 3.63) is 93.3 Å². The highest BCUT2D eigenvalue weighted by atomic mass is 16.5. The lowest BCUT2D eigenvalue weighted by molar-refractivity contribution is -0.135. The van der Waals surface area contributed by atoms with E-state index in [0.717, 1.165) is 41.8 Å². The molecule has 1 fully saturated rings. The predicted molar refractivity (Wildman–Crippen MR) is 154 cm³/mol. The average Bonchev–Trinajstić information content (AvgIpc) is 3.21. The van der Waals surface area contributed by atoms with Crippen LogP contribution in [0.1, 0.15) is 62.2 Å². The minimum Gasteiger partial charge on any atom is -0.377 e. The van der Waals surface area contributed by atoms with Crippen molar-refractivity contribution in [3.63, 3.8) is 0 Å². The molecule has 2 aromatic carbocycles. The molecule has 0 amide bonds. The number of ether oxygens (including phenoxy) is 1. The van der Waals surface area contributed by atoms with Crippen molar-refractivity contribution in [1.29, 1.82) is 0 Å². The number of hydrogen-bond donors (Lipinski definition) is 2. The van der Waals surface area contributed by atoms with Gasteiger partial charge in [-0.25, -0.2) is 14.5 Å². The third-order valence-corrected chi connectivity index (χ3v) is 7.58. The Kier molecular flexibility index (Phi) is 7.60. The lowest BCUT2D eigenvalue weighted by Crippen LogP contribution is -2.60. The summed E-state index contributed by atoms with van der Waals surface area (Å²) >= 11 is 0. The molecule has 0 unspecified atom stereocenters. The molecule has 3 aromatic rings. The number of benzene rings is 2. The van der Waals surface area contributed by atoms with Crippen LogP contribution in [-0.4, -0.2) is 50.6 Å². The Morgan fingerprint density at radius 2 is 1.72 bits per heavy atom. The topological polar surface area (TPSA) is 93.7 Å². The molecule has 0 atom stereocenters. The van der Waals surface area contributed by atoms with Gasteiger partial charge in [-0.3, -0.25) is 4.57 Å². The number of aliphatic imine (C=N–C) groups is 1. The van der Waals surface area contributed by atoms with Crippen LogP contribution in [0.3, 0.4) is 0 Å². The van der Waals surface area contributed by atoms with E-state index in [1.54, 1.807) is 9.25 Å². The van der Waals surface area contributed by atoms with Crippen LogP contribution in [0.2, 0.25) is 0 Å². The van der Waals surface area contributed by atoms with Crippen molar-refractivity contribution in [1.82, 2.24) is 19.7 Å². The summed E-state index contributed by atoms with van der Waals surface area (Å²) in [4.78, 5) is 17.4. The summed E-state index contributed by atoms with van der Waals surface area (Å²) in [6.45, 7) is 10.9. The molecule has 0 bridgehead atoms. The van der Waals surface area contributed by atoms with E-state index in [1.807, 2.05) is 13.1 Å². The normalized spacial score (nSPS) is 16.7. The molecule has 1 aromatic heterocycles. The van der Waals surface area contributed by atoms with Crippen LogP contribution in [0.15, 0.2) is 64.5 Å². The number of rotatable bonds is 9. The van der Waals surface area contributed by atoms with E-state index in [9.17, 15) is 9.90 Å². The molecule has 0 aliphatic carbocycles. The molecule has 0 spiro atoms. The maximum atomic E-state index is 13.0. The number of hydrogen-bond acceptors (Lipinski definition) is 6. The van der Waals surface area contributed by atoms with Crippen molar-refractivity contribution in [3.8, 4) is 0 Å². The third-order valence-electron chi connectivity index (χ3n) is 7.58. The van der Waals surface area contributed by atoms with Gasteiger partial charge in [0.25, 0.3) is 0 Å². The van der Waals surface area contributed by atoms with Gasteiger partial charge in [0.2, 0.25) is 0 Å². The van der Waals surface area contributed by atoms with Crippen molar-refractivity contribution >= 4 is 11.4 Å². The van der Waals surface area contributed by atoms with Crippen LogP contribution in [0.25, 0.3) is 5.57 Å². The molecule has 2 aliphatic rings. The number of amidine groups is 1. The summed E-state index contributed by atoms with van der Waals surface area (Å²) < 4.78 is 8.50. The summed E-state index contributed by atoms with van der Waals surface area (Å²) in [6, 6.07) is 17.0. The first-order valence-electron chi connectivity index (χ1n) is 13.8. The van der Waals surface area contributed by atoms with Crippen molar-refractivity contribution in [2.24, 2.45) is 4.99 Å². The molecule has 0 radical (unpaired) electrons. The van der Waals surface area contributed by atoms with Crippen LogP contribution in [0, 0.1) is 0 Å². The van der Waals surface area contributed by atoms with Crippen molar-refractivity contribution in [2.45, 2.75) is 71.1 Å². The van der Waals surface area contributed by atoms with Crippen LogP contribution in [0.5, 0.6) is 0 Å². The maximum absolute atomic E-state index is 13.0. The Hall–Kier alpha value is -3.49. The number of aromatic nitrogens is 3. The molecular formula is C31H39N5O3. The lowest BCUT2D eigenvalue weighted by Gasteiger charge is -2.38.